The Kier molecular flexibility index (Phi) is 4.08. The summed E-state index contributed by atoms with van der Waals surface area (Å²) in [4.78, 5) is 16.8. The number of nitrogens with zero attached hydrogens (tertiary/aromatic N) is 2. The van der Waals surface area contributed by atoms with Crippen molar-refractivity contribution in [2.75, 3.05) is 0 Å². The molecule has 2 aromatic carbocycles. The van der Waals surface area contributed by atoms with Gasteiger partial charge in [0.2, 0.25) is 0 Å². The summed E-state index contributed by atoms with van der Waals surface area (Å²) < 4.78 is 1.88. The maximum atomic E-state index is 12.6. The van der Waals surface area contributed by atoms with Crippen LogP contribution in [-0.4, -0.2) is 15.6 Å². The molecule has 5 heteroatoms. The van der Waals surface area contributed by atoms with Crippen molar-refractivity contribution in [3.8, 4) is 5.88 Å². The highest BCUT2D eigenvalue weighted by molar-refractivity contribution is 6.31. The summed E-state index contributed by atoms with van der Waals surface area (Å²) in [7, 11) is 0. The Morgan fingerprint density at radius 2 is 1.96 bits per heavy atom. The third-order valence-corrected chi connectivity index (χ3v) is 5.02. The summed E-state index contributed by atoms with van der Waals surface area (Å²) in [6.45, 7) is 4.98. The van der Waals surface area contributed by atoms with Gasteiger partial charge in [0, 0.05) is 22.2 Å². The number of benzene rings is 2. The standard InChI is InChI=1S/C21H19ClN2O2/c1-12(2)9-10-24-17-6-4-3-5-14(17)19(21(24)26)18-15-11-13(22)7-8-16(15)23-20(18)25/h3-8,11-12,26H,9-10H2,1-2H3. The largest absolute Gasteiger partial charge is 0.494 e. The zero-order valence-corrected chi connectivity index (χ0v) is 15.4. The number of carbonyl (C=O) groups is 1. The summed E-state index contributed by atoms with van der Waals surface area (Å²) in [6.07, 6.45) is 0.932. The number of aryl methyl sites for hydroxylation is 1. The molecule has 1 N–H and O–H groups in total. The molecule has 0 spiro atoms. The van der Waals surface area contributed by atoms with Gasteiger partial charge in [-0.3, -0.25) is 4.79 Å². The number of aromatic hydroxyl groups is 1. The predicted molar refractivity (Wildman–Crippen MR) is 103 cm³/mol. The number of rotatable bonds is 4. The third-order valence-electron chi connectivity index (χ3n) is 4.79. The first kappa shape index (κ1) is 16.9. The Labute approximate surface area is 156 Å². The summed E-state index contributed by atoms with van der Waals surface area (Å²) in [6, 6.07) is 12.9. The van der Waals surface area contributed by atoms with Gasteiger partial charge in [-0.15, -0.1) is 0 Å². The van der Waals surface area contributed by atoms with E-state index >= 15 is 0 Å². The Balaban J connectivity index is 2.04. The van der Waals surface area contributed by atoms with Gasteiger partial charge in [-0.2, -0.15) is 0 Å². The lowest BCUT2D eigenvalue weighted by Crippen LogP contribution is -2.22. The van der Waals surface area contributed by atoms with E-state index in [-0.39, 0.29) is 11.8 Å². The number of aromatic nitrogens is 1. The molecule has 0 aliphatic carbocycles. The fraction of sp³-hybridized carbons (Fsp3) is 0.238. The van der Waals surface area contributed by atoms with E-state index in [0.29, 0.717) is 39.2 Å². The van der Waals surface area contributed by atoms with E-state index in [2.05, 4.69) is 18.8 Å². The van der Waals surface area contributed by atoms with Gasteiger partial charge in [-0.25, -0.2) is 4.99 Å². The Bertz CT molecular complexity index is 1160. The van der Waals surface area contributed by atoms with Crippen LogP contribution < -0.4 is 10.6 Å². The normalized spacial score (nSPS) is 13.5. The van der Waals surface area contributed by atoms with Crippen molar-refractivity contribution in [2.24, 2.45) is 10.9 Å². The molecule has 132 valence electrons. The zero-order valence-electron chi connectivity index (χ0n) is 14.7. The predicted octanol–water partition coefficient (Wildman–Crippen LogP) is 3.41. The summed E-state index contributed by atoms with van der Waals surface area (Å²) in [5.74, 6) is 0.275. The number of halogens is 1. The average molecular weight is 367 g/mol. The second-order valence-corrected chi connectivity index (χ2v) is 7.44. The molecular weight excluding hydrogens is 348 g/mol. The Morgan fingerprint density at radius 1 is 1.19 bits per heavy atom. The van der Waals surface area contributed by atoms with Crippen LogP contribution >= 0.6 is 11.6 Å². The molecule has 0 radical (unpaired) electrons. The van der Waals surface area contributed by atoms with E-state index < -0.39 is 0 Å². The first-order chi connectivity index (χ1) is 12.5. The highest BCUT2D eigenvalue weighted by Gasteiger charge is 2.27. The molecule has 4 nitrogen and oxygen atoms in total. The van der Waals surface area contributed by atoms with Gasteiger partial charge in [0.05, 0.1) is 22.0 Å². The minimum Gasteiger partial charge on any atom is -0.494 e. The van der Waals surface area contributed by atoms with Gasteiger partial charge in [0.1, 0.15) is 0 Å². The van der Waals surface area contributed by atoms with Crippen LogP contribution in [0, 0.1) is 5.92 Å². The van der Waals surface area contributed by atoms with Crippen molar-refractivity contribution in [1.29, 1.82) is 0 Å². The molecule has 0 atom stereocenters. The van der Waals surface area contributed by atoms with E-state index in [1.807, 2.05) is 28.8 Å². The van der Waals surface area contributed by atoms with Crippen LogP contribution in [0.2, 0.25) is 5.02 Å². The fourth-order valence-corrected chi connectivity index (χ4v) is 3.65. The highest BCUT2D eigenvalue weighted by atomic mass is 35.5. The highest BCUT2D eigenvalue weighted by Crippen LogP contribution is 2.36. The molecule has 26 heavy (non-hydrogen) atoms. The van der Waals surface area contributed by atoms with Crippen LogP contribution in [0.15, 0.2) is 47.5 Å². The van der Waals surface area contributed by atoms with Crippen molar-refractivity contribution in [3.05, 3.63) is 63.6 Å². The summed E-state index contributed by atoms with van der Waals surface area (Å²) in [5, 5.41) is 13.7. The quantitative estimate of drug-likeness (QED) is 0.769. The van der Waals surface area contributed by atoms with Gasteiger partial charge < -0.3 is 9.67 Å². The van der Waals surface area contributed by atoms with Crippen molar-refractivity contribution < 1.29 is 9.90 Å². The van der Waals surface area contributed by atoms with Crippen molar-refractivity contribution >= 4 is 34.0 Å². The monoisotopic (exact) mass is 366 g/mol. The van der Waals surface area contributed by atoms with Gasteiger partial charge in [0.25, 0.3) is 5.91 Å². The van der Waals surface area contributed by atoms with Gasteiger partial charge in [-0.05, 0) is 36.6 Å². The second kappa shape index (κ2) is 6.29. The first-order valence-corrected chi connectivity index (χ1v) is 9.08. The number of carbonyl (C=O) groups excluding carboxylic acids is 1. The molecule has 1 aliphatic heterocycles. The molecule has 1 amide bonds. The number of hydrogen-bond donors (Lipinski definition) is 1. The van der Waals surface area contributed by atoms with Crippen LogP contribution in [0.25, 0.3) is 16.5 Å². The van der Waals surface area contributed by atoms with Crippen molar-refractivity contribution in [3.63, 3.8) is 0 Å². The molecule has 3 aromatic rings. The smallest absolute Gasteiger partial charge is 0.279 e. The van der Waals surface area contributed by atoms with E-state index in [9.17, 15) is 9.90 Å². The minimum absolute atomic E-state index is 0.109. The Hall–Kier alpha value is -2.59. The molecule has 4 rings (SSSR count). The van der Waals surface area contributed by atoms with E-state index in [4.69, 9.17) is 11.6 Å². The van der Waals surface area contributed by atoms with Crippen LogP contribution in [0.3, 0.4) is 0 Å². The zero-order chi connectivity index (χ0) is 18.4. The minimum atomic E-state index is -0.343. The van der Waals surface area contributed by atoms with Crippen molar-refractivity contribution in [2.45, 2.75) is 26.8 Å². The maximum Gasteiger partial charge on any atom is 0.279 e. The first-order valence-electron chi connectivity index (χ1n) is 8.71. The lowest BCUT2D eigenvalue weighted by Gasteiger charge is -2.09. The average Bonchev–Trinajstić information content (AvgIpc) is 3.06. The van der Waals surface area contributed by atoms with Crippen LogP contribution in [0.1, 0.15) is 25.8 Å². The van der Waals surface area contributed by atoms with Gasteiger partial charge >= 0.3 is 0 Å². The van der Waals surface area contributed by atoms with Gasteiger partial charge in [0.15, 0.2) is 5.88 Å². The molecule has 1 aliphatic rings. The molecule has 2 heterocycles. The van der Waals surface area contributed by atoms with E-state index in [0.717, 1.165) is 17.3 Å². The number of amides is 1. The van der Waals surface area contributed by atoms with Crippen molar-refractivity contribution in [1.82, 2.24) is 4.57 Å². The SMILES string of the molecule is CC(C)CCn1c(O)c(C2=c3cc(Cl)ccc3=NC2=O)c2ccccc21. The van der Waals surface area contributed by atoms with E-state index in [1.54, 1.807) is 18.2 Å². The lowest BCUT2D eigenvalue weighted by atomic mass is 10.0. The topological polar surface area (TPSA) is 54.6 Å². The van der Waals surface area contributed by atoms with Crippen LogP contribution in [0.5, 0.6) is 5.88 Å². The Morgan fingerprint density at radius 3 is 2.73 bits per heavy atom. The number of fused-ring (bicyclic) bond motifs is 2. The third kappa shape index (κ3) is 2.61. The molecule has 0 saturated heterocycles. The molecule has 0 fully saturated rings. The number of hydrogen-bond acceptors (Lipinski definition) is 2. The fourth-order valence-electron chi connectivity index (χ4n) is 3.48. The second-order valence-electron chi connectivity index (χ2n) is 7.00. The summed E-state index contributed by atoms with van der Waals surface area (Å²) >= 11 is 6.14. The lowest BCUT2D eigenvalue weighted by molar-refractivity contribution is -0.112. The molecule has 0 saturated carbocycles. The van der Waals surface area contributed by atoms with Gasteiger partial charge in [-0.1, -0.05) is 43.6 Å². The maximum absolute atomic E-state index is 12.6. The molecule has 0 bridgehead atoms. The molecule has 1 aromatic heterocycles. The molecular formula is C21H19ClN2O2. The molecule has 0 unspecified atom stereocenters. The van der Waals surface area contributed by atoms with E-state index in [1.165, 1.54) is 0 Å². The number of para-hydroxylation sites is 1. The van der Waals surface area contributed by atoms with Crippen LogP contribution in [0.4, 0.5) is 0 Å². The van der Waals surface area contributed by atoms with Crippen LogP contribution in [-0.2, 0) is 11.3 Å². The summed E-state index contributed by atoms with van der Waals surface area (Å²) in [5.41, 5.74) is 1.87.